The van der Waals surface area contributed by atoms with Gasteiger partial charge in [-0.1, -0.05) is 19.1 Å². The summed E-state index contributed by atoms with van der Waals surface area (Å²) in [6.07, 6.45) is 5.71. The van der Waals surface area contributed by atoms with E-state index in [-0.39, 0.29) is 0 Å². The van der Waals surface area contributed by atoms with E-state index in [9.17, 15) is 0 Å². The highest BCUT2D eigenvalue weighted by Gasteiger charge is 2.03. The van der Waals surface area contributed by atoms with E-state index < -0.39 is 0 Å². The quantitative estimate of drug-likeness (QED) is 0.560. The molecule has 1 aromatic rings. The molecule has 0 aromatic carbocycles. The lowest BCUT2D eigenvalue weighted by atomic mass is 10.1. The van der Waals surface area contributed by atoms with Crippen molar-refractivity contribution in [3.05, 3.63) is 14.9 Å². The van der Waals surface area contributed by atoms with Gasteiger partial charge in [-0.05, 0) is 19.3 Å². The van der Waals surface area contributed by atoms with E-state index in [0.717, 1.165) is 6.42 Å². The minimum Gasteiger partial charge on any atom is -0.242 e. The van der Waals surface area contributed by atoms with Crippen LogP contribution in [0.25, 0.3) is 12.2 Å². The molecule has 0 saturated carbocycles. The van der Waals surface area contributed by atoms with Gasteiger partial charge in [-0.15, -0.1) is 11.3 Å². The molecule has 0 amide bonds. The first kappa shape index (κ1) is 7.04. The van der Waals surface area contributed by atoms with E-state index in [2.05, 4.69) is 31.0 Å². The molecule has 0 aliphatic heterocycles. The summed E-state index contributed by atoms with van der Waals surface area (Å²) >= 11 is 1.80. The third-order valence-electron chi connectivity index (χ3n) is 1.91. The van der Waals surface area contributed by atoms with Crippen LogP contribution in [0.1, 0.15) is 18.4 Å². The molecule has 58 valence electrons. The van der Waals surface area contributed by atoms with Crippen LogP contribution in [0.4, 0.5) is 0 Å². The number of nitrogens with zero attached hydrogens (tertiary/aromatic N) is 1. The van der Waals surface area contributed by atoms with Crippen molar-refractivity contribution in [3.8, 4) is 0 Å². The summed E-state index contributed by atoms with van der Waals surface area (Å²) in [5.41, 5.74) is 0. The van der Waals surface area contributed by atoms with Gasteiger partial charge in [0, 0.05) is 0 Å². The van der Waals surface area contributed by atoms with Crippen LogP contribution in [0.3, 0.4) is 0 Å². The lowest BCUT2D eigenvalue weighted by Gasteiger charge is -2.02. The fourth-order valence-corrected chi connectivity index (χ4v) is 2.34. The standard InChI is InChI=1S/C9H11NS/c1-6-3-4-8-9(5-6)11-7(2)10-8/h4-6H,3H2,1-2H3. The maximum atomic E-state index is 4.42. The Morgan fingerprint density at radius 2 is 2.45 bits per heavy atom. The second kappa shape index (κ2) is 2.45. The van der Waals surface area contributed by atoms with Crippen molar-refractivity contribution in [3.63, 3.8) is 0 Å². The topological polar surface area (TPSA) is 12.9 Å². The molecular formula is C9H11NS. The predicted octanol–water partition coefficient (Wildman–Crippen LogP) is 1.05. The average molecular weight is 165 g/mol. The molecule has 1 aromatic heterocycles. The first-order chi connectivity index (χ1) is 5.25. The summed E-state index contributed by atoms with van der Waals surface area (Å²) in [6, 6.07) is 0. The molecule has 0 radical (unpaired) electrons. The van der Waals surface area contributed by atoms with Gasteiger partial charge in [0.1, 0.15) is 0 Å². The van der Waals surface area contributed by atoms with Crippen LogP contribution in [-0.4, -0.2) is 4.98 Å². The van der Waals surface area contributed by atoms with Gasteiger partial charge in [0.15, 0.2) is 0 Å². The van der Waals surface area contributed by atoms with Crippen LogP contribution in [0.5, 0.6) is 0 Å². The highest BCUT2D eigenvalue weighted by molar-refractivity contribution is 7.09. The Balaban J connectivity index is 2.72. The number of aryl methyl sites for hydroxylation is 1. The largest absolute Gasteiger partial charge is 0.242 e. The third-order valence-corrected chi connectivity index (χ3v) is 2.86. The number of hydrogen-bond acceptors (Lipinski definition) is 2. The summed E-state index contributed by atoms with van der Waals surface area (Å²) in [7, 11) is 0. The van der Waals surface area contributed by atoms with E-state index in [1.54, 1.807) is 11.3 Å². The SMILES string of the molecule is Cc1nc2c(s1)=CC(C)CC=2. The molecule has 0 bridgehead atoms. The Morgan fingerprint density at radius 3 is 3.27 bits per heavy atom. The van der Waals surface area contributed by atoms with Crippen molar-refractivity contribution in [2.75, 3.05) is 0 Å². The Hall–Kier alpha value is -0.630. The first-order valence-corrected chi connectivity index (χ1v) is 4.73. The molecule has 2 rings (SSSR count). The summed E-state index contributed by atoms with van der Waals surface area (Å²) in [4.78, 5) is 4.42. The molecule has 1 nitrogen and oxygen atoms in total. The molecule has 1 aliphatic carbocycles. The molecule has 1 aliphatic rings. The number of aromatic nitrogens is 1. The maximum Gasteiger partial charge on any atom is 0.0907 e. The molecule has 1 unspecified atom stereocenters. The van der Waals surface area contributed by atoms with Crippen molar-refractivity contribution < 1.29 is 0 Å². The van der Waals surface area contributed by atoms with Gasteiger partial charge in [0.2, 0.25) is 0 Å². The Bertz CT molecular complexity index is 375. The van der Waals surface area contributed by atoms with Crippen LogP contribution in [0.15, 0.2) is 0 Å². The van der Waals surface area contributed by atoms with E-state index >= 15 is 0 Å². The van der Waals surface area contributed by atoms with E-state index in [1.807, 2.05) is 0 Å². The smallest absolute Gasteiger partial charge is 0.0907 e. The number of fused-ring (bicyclic) bond motifs is 1. The highest BCUT2D eigenvalue weighted by atomic mass is 32.1. The maximum absolute atomic E-state index is 4.42. The van der Waals surface area contributed by atoms with E-state index in [0.29, 0.717) is 5.92 Å². The van der Waals surface area contributed by atoms with Crippen molar-refractivity contribution in [2.45, 2.75) is 20.3 Å². The fraction of sp³-hybridized carbons (Fsp3) is 0.444. The van der Waals surface area contributed by atoms with Gasteiger partial charge in [0.25, 0.3) is 0 Å². The number of hydrogen-bond donors (Lipinski definition) is 0. The number of thiazole rings is 1. The highest BCUT2D eigenvalue weighted by Crippen LogP contribution is 2.07. The minimum atomic E-state index is 0.697. The zero-order chi connectivity index (χ0) is 7.84. The fourth-order valence-electron chi connectivity index (χ4n) is 1.35. The second-order valence-electron chi connectivity index (χ2n) is 3.07. The molecule has 0 saturated heterocycles. The van der Waals surface area contributed by atoms with Crippen molar-refractivity contribution in [2.24, 2.45) is 5.92 Å². The molecular weight excluding hydrogens is 154 g/mol. The first-order valence-electron chi connectivity index (χ1n) is 3.91. The van der Waals surface area contributed by atoms with Gasteiger partial charge in [-0.25, -0.2) is 4.98 Å². The lowest BCUT2D eigenvalue weighted by molar-refractivity contribution is 0.800. The van der Waals surface area contributed by atoms with Crippen LogP contribution in [0, 0.1) is 12.8 Å². The lowest BCUT2D eigenvalue weighted by Crippen LogP contribution is -2.25. The second-order valence-corrected chi connectivity index (χ2v) is 4.30. The van der Waals surface area contributed by atoms with Gasteiger partial charge >= 0.3 is 0 Å². The zero-order valence-corrected chi connectivity index (χ0v) is 7.61. The van der Waals surface area contributed by atoms with Crippen LogP contribution in [-0.2, 0) is 0 Å². The molecule has 1 heterocycles. The minimum absolute atomic E-state index is 0.697. The zero-order valence-electron chi connectivity index (χ0n) is 6.79. The summed E-state index contributed by atoms with van der Waals surface area (Å²) in [5.74, 6) is 0.697. The summed E-state index contributed by atoms with van der Waals surface area (Å²) < 4.78 is 1.36. The molecule has 2 heteroatoms. The Labute approximate surface area is 70.1 Å². The Morgan fingerprint density at radius 1 is 1.64 bits per heavy atom. The van der Waals surface area contributed by atoms with Crippen LogP contribution >= 0.6 is 11.3 Å². The van der Waals surface area contributed by atoms with Crippen molar-refractivity contribution >= 4 is 23.5 Å². The average Bonchev–Trinajstić information content (AvgIpc) is 2.27. The monoisotopic (exact) mass is 165 g/mol. The molecule has 0 N–H and O–H groups in total. The Kier molecular flexibility index (Phi) is 1.57. The molecule has 0 spiro atoms. The predicted molar refractivity (Wildman–Crippen MR) is 48.8 cm³/mol. The van der Waals surface area contributed by atoms with Crippen molar-refractivity contribution in [1.82, 2.24) is 4.98 Å². The van der Waals surface area contributed by atoms with E-state index in [4.69, 9.17) is 0 Å². The van der Waals surface area contributed by atoms with Gasteiger partial charge in [-0.3, -0.25) is 0 Å². The van der Waals surface area contributed by atoms with Crippen molar-refractivity contribution in [1.29, 1.82) is 0 Å². The van der Waals surface area contributed by atoms with Gasteiger partial charge in [-0.2, -0.15) is 0 Å². The van der Waals surface area contributed by atoms with Gasteiger partial charge in [0.05, 0.1) is 14.9 Å². The summed E-state index contributed by atoms with van der Waals surface area (Å²) in [5, 5.41) is 2.38. The van der Waals surface area contributed by atoms with Gasteiger partial charge < -0.3 is 0 Å². The van der Waals surface area contributed by atoms with Crippen LogP contribution in [0.2, 0.25) is 0 Å². The number of rotatable bonds is 0. The van der Waals surface area contributed by atoms with Crippen LogP contribution < -0.4 is 9.88 Å². The normalized spacial score (nSPS) is 21.8. The summed E-state index contributed by atoms with van der Waals surface area (Å²) in [6.45, 7) is 4.31. The molecule has 1 atom stereocenters. The van der Waals surface area contributed by atoms with E-state index in [1.165, 1.54) is 14.9 Å². The molecule has 0 fully saturated rings. The molecule has 11 heavy (non-hydrogen) atoms. The third kappa shape index (κ3) is 1.23.